The molecular formula is C53H42N6O4. The number of nitrogen functional groups attached to an aromatic ring is 1. The lowest BCUT2D eigenvalue weighted by molar-refractivity contribution is 0.218. The Morgan fingerprint density at radius 3 is 1.63 bits per heavy atom. The fraction of sp³-hybridized carbons (Fsp3) is 0.0566. The lowest BCUT2D eigenvalue weighted by Crippen LogP contribution is -2.47. The highest BCUT2D eigenvalue weighted by molar-refractivity contribution is 6.01. The van der Waals surface area contributed by atoms with Crippen LogP contribution in [0.1, 0.15) is 6.92 Å². The Morgan fingerprint density at radius 2 is 1.06 bits per heavy atom. The maximum Gasteiger partial charge on any atom is 0.186 e. The second-order valence-corrected chi connectivity index (χ2v) is 14.8. The fourth-order valence-corrected chi connectivity index (χ4v) is 8.04. The van der Waals surface area contributed by atoms with Gasteiger partial charge < -0.3 is 29.6 Å². The first-order valence-corrected chi connectivity index (χ1v) is 20.7. The molecule has 0 radical (unpaired) electrons. The smallest absolute Gasteiger partial charge is 0.186 e. The van der Waals surface area contributed by atoms with Crippen molar-refractivity contribution in [2.45, 2.75) is 19.1 Å². The molecule has 0 saturated carbocycles. The van der Waals surface area contributed by atoms with E-state index in [1.165, 1.54) is 0 Å². The molecule has 1 aliphatic carbocycles. The number of benzene rings is 6. The van der Waals surface area contributed by atoms with Crippen molar-refractivity contribution in [3.8, 4) is 34.5 Å². The molecule has 4 heterocycles. The summed E-state index contributed by atoms with van der Waals surface area (Å²) in [5, 5.41) is 10.1. The highest BCUT2D eigenvalue weighted by Gasteiger charge is 2.41. The van der Waals surface area contributed by atoms with Gasteiger partial charge in [0.15, 0.2) is 34.6 Å². The molecule has 1 aromatic heterocycles. The van der Waals surface area contributed by atoms with Crippen LogP contribution in [0.3, 0.4) is 0 Å². The average molecular weight is 827 g/mol. The lowest BCUT2D eigenvalue weighted by Gasteiger charge is -2.44. The van der Waals surface area contributed by atoms with Crippen molar-refractivity contribution in [2.24, 2.45) is 0 Å². The van der Waals surface area contributed by atoms with Gasteiger partial charge in [-0.25, -0.2) is 0 Å². The molecule has 2 unspecified atom stereocenters. The monoisotopic (exact) mass is 826 g/mol. The van der Waals surface area contributed by atoms with Crippen molar-refractivity contribution < 1.29 is 18.9 Å². The number of hydrogen-bond donors (Lipinski definition) is 1. The Balaban J connectivity index is 0.000000290. The molecular weight excluding hydrogens is 785 g/mol. The quantitative estimate of drug-likeness (QED) is 0.123. The molecule has 0 bridgehead atoms. The Kier molecular flexibility index (Phi) is 10.4. The standard InChI is InChI=1S/C40H28N6O3.C13H14O/c41-37-38(44-25-13-1-7-19-31(25)47-32-20-8-2-14-26(32)44)40(46-29-17-5-11-23-35(29)49-36-24-12-6-18-30(36)46)43-42-39(37)45-27-15-3-9-21-33(27)48-34-22-10-4-16-28(34)45;1-3-4-6-9-12(2)14-13-10-7-5-8-11-13/h1-25,31H,(H2,41,43);3-11H,2H2,1H3/b;4-3-,9-6-. The average Bonchev–Trinajstić information content (AvgIpc) is 3.32. The lowest BCUT2D eigenvalue weighted by atomic mass is 9.98. The second kappa shape index (κ2) is 16.9. The van der Waals surface area contributed by atoms with E-state index in [2.05, 4.69) is 34.6 Å². The minimum atomic E-state index is -0.266. The minimum absolute atomic E-state index is 0.228. The van der Waals surface area contributed by atoms with Gasteiger partial charge in [-0.1, -0.05) is 122 Å². The van der Waals surface area contributed by atoms with E-state index in [0.717, 1.165) is 39.9 Å². The van der Waals surface area contributed by atoms with E-state index in [0.29, 0.717) is 51.8 Å². The van der Waals surface area contributed by atoms with Crippen molar-refractivity contribution in [2.75, 3.05) is 20.4 Å². The van der Waals surface area contributed by atoms with Gasteiger partial charge >= 0.3 is 0 Å². The molecule has 63 heavy (non-hydrogen) atoms. The van der Waals surface area contributed by atoms with Gasteiger partial charge in [0.2, 0.25) is 0 Å². The predicted octanol–water partition coefficient (Wildman–Crippen LogP) is 13.3. The first-order chi connectivity index (χ1) is 31.1. The fourth-order valence-electron chi connectivity index (χ4n) is 8.04. The third-order valence-corrected chi connectivity index (χ3v) is 10.8. The predicted molar refractivity (Wildman–Crippen MR) is 251 cm³/mol. The van der Waals surface area contributed by atoms with Crippen molar-refractivity contribution in [1.82, 2.24) is 10.2 Å². The molecule has 2 atom stereocenters. The SMILES string of the molecule is C=C(/C=C\C=C/C)Oc1ccccc1.Nc1c(N2c3ccccc3Oc3ccccc32)nnc(N2c3ccccc3Oc3ccccc32)c1N1c2ccccc2OC2C=CC=CC21. The van der Waals surface area contributed by atoms with Crippen LogP contribution in [0.4, 0.5) is 51.4 Å². The molecule has 4 aliphatic rings. The largest absolute Gasteiger partial charge is 0.482 e. The normalized spacial score (nSPS) is 16.2. The maximum atomic E-state index is 7.52. The summed E-state index contributed by atoms with van der Waals surface area (Å²) >= 11 is 0. The summed E-state index contributed by atoms with van der Waals surface area (Å²) in [6.07, 6.45) is 15.6. The number of aromatic nitrogens is 2. The number of para-hydroxylation sites is 11. The summed E-state index contributed by atoms with van der Waals surface area (Å²) < 4.78 is 24.7. The van der Waals surface area contributed by atoms with Crippen molar-refractivity contribution in [1.29, 1.82) is 0 Å². The van der Waals surface area contributed by atoms with E-state index in [1.807, 2.05) is 194 Å². The van der Waals surface area contributed by atoms with Crippen molar-refractivity contribution in [3.05, 3.63) is 213 Å². The molecule has 6 aromatic carbocycles. The van der Waals surface area contributed by atoms with Crippen LogP contribution in [0, 0.1) is 0 Å². The summed E-state index contributed by atoms with van der Waals surface area (Å²) in [6.45, 7) is 5.74. The highest BCUT2D eigenvalue weighted by atomic mass is 16.5. The Hall–Kier alpha value is -8.50. The van der Waals surface area contributed by atoms with Gasteiger partial charge in [0.1, 0.15) is 34.7 Å². The van der Waals surface area contributed by atoms with Gasteiger partial charge in [0.05, 0.1) is 34.5 Å². The molecule has 0 amide bonds. The number of fused-ring (bicyclic) bond motifs is 6. The Bertz CT molecular complexity index is 2870. The van der Waals surface area contributed by atoms with Gasteiger partial charge in [0, 0.05) is 0 Å². The molecule has 0 spiro atoms. The van der Waals surface area contributed by atoms with Crippen LogP contribution in [0.25, 0.3) is 0 Å². The van der Waals surface area contributed by atoms with Gasteiger partial charge in [-0.3, -0.25) is 9.80 Å². The molecule has 308 valence electrons. The Morgan fingerprint density at radius 1 is 0.587 bits per heavy atom. The van der Waals surface area contributed by atoms with Gasteiger partial charge in [0.25, 0.3) is 0 Å². The molecule has 10 nitrogen and oxygen atoms in total. The third kappa shape index (κ3) is 7.29. The summed E-state index contributed by atoms with van der Waals surface area (Å²) in [4.78, 5) is 6.37. The number of nitrogens with two attached hydrogens (primary N) is 1. The minimum Gasteiger partial charge on any atom is -0.482 e. The molecule has 11 rings (SSSR count). The number of nitrogens with zero attached hydrogens (tertiary/aromatic N) is 5. The highest BCUT2D eigenvalue weighted by Crippen LogP contribution is 2.58. The zero-order valence-electron chi connectivity index (χ0n) is 34.4. The Labute approximate surface area is 366 Å². The van der Waals surface area contributed by atoms with E-state index in [9.17, 15) is 0 Å². The van der Waals surface area contributed by atoms with E-state index in [4.69, 9.17) is 34.9 Å². The number of ether oxygens (including phenoxy) is 4. The van der Waals surface area contributed by atoms with E-state index < -0.39 is 0 Å². The van der Waals surface area contributed by atoms with Crippen LogP contribution in [0.2, 0.25) is 0 Å². The van der Waals surface area contributed by atoms with Gasteiger partial charge in [-0.05, 0) is 91.9 Å². The van der Waals surface area contributed by atoms with E-state index in [1.54, 1.807) is 0 Å². The first kappa shape index (κ1) is 38.7. The van der Waals surface area contributed by atoms with Crippen LogP contribution in [0.15, 0.2) is 213 Å². The zero-order valence-corrected chi connectivity index (χ0v) is 34.4. The molecule has 10 heteroatoms. The topological polar surface area (TPSA) is 98.4 Å². The second-order valence-electron chi connectivity index (χ2n) is 14.8. The van der Waals surface area contributed by atoms with E-state index >= 15 is 0 Å². The van der Waals surface area contributed by atoms with Crippen LogP contribution in [0.5, 0.6) is 34.5 Å². The molecule has 2 N–H and O–H groups in total. The molecule has 7 aromatic rings. The van der Waals surface area contributed by atoms with E-state index in [-0.39, 0.29) is 12.1 Å². The summed E-state index contributed by atoms with van der Waals surface area (Å²) in [7, 11) is 0. The zero-order chi connectivity index (χ0) is 42.7. The maximum absolute atomic E-state index is 7.52. The van der Waals surface area contributed by atoms with Crippen LogP contribution in [-0.2, 0) is 0 Å². The van der Waals surface area contributed by atoms with Gasteiger partial charge in [-0.2, -0.15) is 0 Å². The van der Waals surface area contributed by atoms with Crippen molar-refractivity contribution in [3.63, 3.8) is 0 Å². The third-order valence-electron chi connectivity index (χ3n) is 10.8. The number of hydrogen-bond acceptors (Lipinski definition) is 10. The number of rotatable bonds is 7. The summed E-state index contributed by atoms with van der Waals surface area (Å²) in [5.41, 5.74) is 12.8. The molecule has 0 fully saturated rings. The first-order valence-electron chi connectivity index (χ1n) is 20.7. The summed E-state index contributed by atoms with van der Waals surface area (Å²) in [6, 6.07) is 49.0. The summed E-state index contributed by atoms with van der Waals surface area (Å²) in [5.74, 6) is 6.02. The van der Waals surface area contributed by atoms with Crippen LogP contribution < -0.4 is 39.4 Å². The van der Waals surface area contributed by atoms with Crippen LogP contribution in [-0.4, -0.2) is 22.3 Å². The number of anilines is 9. The van der Waals surface area contributed by atoms with Gasteiger partial charge in [-0.15, -0.1) is 10.2 Å². The number of allylic oxidation sites excluding steroid dienone is 6. The van der Waals surface area contributed by atoms with Crippen molar-refractivity contribution >= 4 is 51.4 Å². The van der Waals surface area contributed by atoms with Crippen LogP contribution >= 0.6 is 0 Å². The molecule has 0 saturated heterocycles. The molecule has 3 aliphatic heterocycles.